The Kier molecular flexibility index (Phi) is 5.51. The fourth-order valence-electron chi connectivity index (χ4n) is 3.33. The van der Waals surface area contributed by atoms with Gasteiger partial charge in [0.25, 0.3) is 0 Å². The smallest absolute Gasteiger partial charge is 0.0607 e. The van der Waals surface area contributed by atoms with Crippen LogP contribution in [0.4, 0.5) is 11.4 Å². The van der Waals surface area contributed by atoms with Gasteiger partial charge in [-0.1, -0.05) is 39.3 Å². The van der Waals surface area contributed by atoms with Gasteiger partial charge in [-0.05, 0) is 24.5 Å². The molecule has 1 aliphatic heterocycles. The molecule has 0 radical (unpaired) electrons. The van der Waals surface area contributed by atoms with E-state index in [2.05, 4.69) is 74.2 Å². The Morgan fingerprint density at radius 2 is 2.00 bits per heavy atom. The highest BCUT2D eigenvalue weighted by Gasteiger charge is 2.30. The summed E-state index contributed by atoms with van der Waals surface area (Å²) >= 11 is 0. The summed E-state index contributed by atoms with van der Waals surface area (Å²) in [6, 6.07) is 9.98. The summed E-state index contributed by atoms with van der Waals surface area (Å²) in [5.41, 5.74) is 2.70. The summed E-state index contributed by atoms with van der Waals surface area (Å²) in [5, 5.41) is 3.74. The molecule has 3 heteroatoms. The average Bonchev–Trinajstić information content (AvgIpc) is 2.47. The van der Waals surface area contributed by atoms with Crippen molar-refractivity contribution in [3.05, 3.63) is 24.3 Å². The second kappa shape index (κ2) is 7.17. The molecule has 0 saturated carbocycles. The van der Waals surface area contributed by atoms with Crippen LogP contribution in [0.1, 0.15) is 33.6 Å². The Bertz CT molecular complexity index is 442. The summed E-state index contributed by atoms with van der Waals surface area (Å²) in [7, 11) is 4.27. The molecule has 2 atom stereocenters. The SMILES string of the molecule is CCCC1CN(c2ccccc2N(C)C)C(C(C)C)CN1. The molecule has 3 nitrogen and oxygen atoms in total. The molecule has 1 aromatic carbocycles. The predicted molar refractivity (Wildman–Crippen MR) is 93.4 cm³/mol. The lowest BCUT2D eigenvalue weighted by Crippen LogP contribution is -2.58. The highest BCUT2D eigenvalue weighted by molar-refractivity contribution is 5.71. The largest absolute Gasteiger partial charge is 0.376 e. The molecular formula is C18H31N3. The molecule has 0 bridgehead atoms. The van der Waals surface area contributed by atoms with Crippen LogP contribution in [0.2, 0.25) is 0 Å². The topological polar surface area (TPSA) is 18.5 Å². The van der Waals surface area contributed by atoms with Crippen LogP contribution in [0, 0.1) is 5.92 Å². The fourth-order valence-corrected chi connectivity index (χ4v) is 3.33. The number of hydrogen-bond acceptors (Lipinski definition) is 3. The van der Waals surface area contributed by atoms with E-state index < -0.39 is 0 Å². The number of rotatable bonds is 5. The second-order valence-electron chi connectivity index (χ2n) is 6.74. The predicted octanol–water partition coefficient (Wildman–Crippen LogP) is 3.36. The van der Waals surface area contributed by atoms with E-state index in [1.165, 1.54) is 24.2 Å². The lowest BCUT2D eigenvalue weighted by molar-refractivity contribution is 0.327. The molecule has 1 N–H and O–H groups in total. The number of piperazine rings is 1. The van der Waals surface area contributed by atoms with E-state index in [4.69, 9.17) is 0 Å². The van der Waals surface area contributed by atoms with Crippen molar-refractivity contribution in [2.75, 3.05) is 37.0 Å². The third-order valence-electron chi connectivity index (χ3n) is 4.51. The van der Waals surface area contributed by atoms with Crippen molar-refractivity contribution >= 4 is 11.4 Å². The van der Waals surface area contributed by atoms with E-state index in [1.807, 2.05) is 0 Å². The van der Waals surface area contributed by atoms with Crippen LogP contribution in [0.15, 0.2) is 24.3 Å². The molecule has 1 aliphatic rings. The first-order valence-electron chi connectivity index (χ1n) is 8.31. The van der Waals surface area contributed by atoms with Crippen LogP contribution in [-0.4, -0.2) is 39.3 Å². The van der Waals surface area contributed by atoms with Crippen molar-refractivity contribution in [3.8, 4) is 0 Å². The van der Waals surface area contributed by atoms with Gasteiger partial charge in [-0.2, -0.15) is 0 Å². The van der Waals surface area contributed by atoms with Crippen LogP contribution >= 0.6 is 0 Å². The van der Waals surface area contributed by atoms with E-state index in [9.17, 15) is 0 Å². The quantitative estimate of drug-likeness (QED) is 0.897. The van der Waals surface area contributed by atoms with Crippen molar-refractivity contribution in [1.29, 1.82) is 0 Å². The standard InChI is InChI=1S/C18H31N3/c1-6-9-15-13-21(18(12-19-15)14(2)3)17-11-8-7-10-16(17)20(4)5/h7-8,10-11,14-15,18-19H,6,9,12-13H2,1-5H3. The summed E-state index contributed by atoms with van der Waals surface area (Å²) in [6.45, 7) is 9.13. The summed E-state index contributed by atoms with van der Waals surface area (Å²) in [6.07, 6.45) is 2.50. The Hall–Kier alpha value is -1.22. The monoisotopic (exact) mass is 289 g/mol. The Morgan fingerprint density at radius 1 is 1.29 bits per heavy atom. The Morgan fingerprint density at radius 3 is 2.62 bits per heavy atom. The average molecular weight is 289 g/mol. The maximum absolute atomic E-state index is 3.74. The zero-order valence-electron chi connectivity index (χ0n) is 14.3. The molecule has 1 aromatic rings. The Labute approximate surface area is 130 Å². The second-order valence-corrected chi connectivity index (χ2v) is 6.74. The number of hydrogen-bond donors (Lipinski definition) is 1. The minimum Gasteiger partial charge on any atom is -0.376 e. The molecule has 0 spiro atoms. The third kappa shape index (κ3) is 3.70. The van der Waals surface area contributed by atoms with Gasteiger partial charge < -0.3 is 15.1 Å². The number of anilines is 2. The zero-order chi connectivity index (χ0) is 15.4. The van der Waals surface area contributed by atoms with Gasteiger partial charge in [0, 0.05) is 39.3 Å². The molecule has 0 aromatic heterocycles. The number of para-hydroxylation sites is 2. The van der Waals surface area contributed by atoms with Crippen LogP contribution < -0.4 is 15.1 Å². The maximum Gasteiger partial charge on any atom is 0.0607 e. The van der Waals surface area contributed by atoms with E-state index >= 15 is 0 Å². The molecule has 21 heavy (non-hydrogen) atoms. The maximum atomic E-state index is 3.74. The van der Waals surface area contributed by atoms with Gasteiger partial charge in [-0.3, -0.25) is 0 Å². The highest BCUT2D eigenvalue weighted by Crippen LogP contribution is 2.32. The molecule has 1 fully saturated rings. The van der Waals surface area contributed by atoms with Crippen LogP contribution in [-0.2, 0) is 0 Å². The minimum atomic E-state index is 0.569. The molecule has 1 heterocycles. The molecule has 1 saturated heterocycles. The van der Waals surface area contributed by atoms with Crippen molar-refractivity contribution in [1.82, 2.24) is 5.32 Å². The van der Waals surface area contributed by atoms with Crippen molar-refractivity contribution < 1.29 is 0 Å². The Balaban J connectivity index is 2.31. The molecule has 118 valence electrons. The third-order valence-corrected chi connectivity index (χ3v) is 4.51. The first kappa shape index (κ1) is 16.2. The van der Waals surface area contributed by atoms with Crippen LogP contribution in [0.25, 0.3) is 0 Å². The van der Waals surface area contributed by atoms with Crippen molar-refractivity contribution in [2.45, 2.75) is 45.7 Å². The number of nitrogens with zero attached hydrogens (tertiary/aromatic N) is 2. The van der Waals surface area contributed by atoms with Crippen LogP contribution in [0.3, 0.4) is 0 Å². The molecule has 2 rings (SSSR count). The van der Waals surface area contributed by atoms with Gasteiger partial charge in [-0.25, -0.2) is 0 Å². The first-order valence-corrected chi connectivity index (χ1v) is 8.31. The van der Waals surface area contributed by atoms with Crippen molar-refractivity contribution in [2.24, 2.45) is 5.92 Å². The molecule has 0 aliphatic carbocycles. The summed E-state index contributed by atoms with van der Waals surface area (Å²) < 4.78 is 0. The molecule has 2 unspecified atom stereocenters. The number of nitrogens with one attached hydrogen (secondary N) is 1. The van der Waals surface area contributed by atoms with Crippen molar-refractivity contribution in [3.63, 3.8) is 0 Å². The van der Waals surface area contributed by atoms with Gasteiger partial charge in [0.1, 0.15) is 0 Å². The lowest BCUT2D eigenvalue weighted by atomic mass is 9.96. The van der Waals surface area contributed by atoms with Gasteiger partial charge in [0.05, 0.1) is 11.4 Å². The van der Waals surface area contributed by atoms with E-state index in [-0.39, 0.29) is 0 Å². The van der Waals surface area contributed by atoms with Gasteiger partial charge in [0.2, 0.25) is 0 Å². The van der Waals surface area contributed by atoms with Gasteiger partial charge >= 0.3 is 0 Å². The number of benzene rings is 1. The van der Waals surface area contributed by atoms with E-state index in [0.717, 1.165) is 13.1 Å². The lowest BCUT2D eigenvalue weighted by Gasteiger charge is -2.45. The molecular weight excluding hydrogens is 258 g/mol. The molecule has 0 amide bonds. The zero-order valence-corrected chi connectivity index (χ0v) is 14.3. The first-order chi connectivity index (χ1) is 10.0. The minimum absolute atomic E-state index is 0.569. The van der Waals surface area contributed by atoms with Gasteiger partial charge in [-0.15, -0.1) is 0 Å². The highest BCUT2D eigenvalue weighted by atomic mass is 15.3. The fraction of sp³-hybridized carbons (Fsp3) is 0.667. The summed E-state index contributed by atoms with van der Waals surface area (Å²) in [4.78, 5) is 4.86. The van der Waals surface area contributed by atoms with E-state index in [0.29, 0.717) is 18.0 Å². The summed E-state index contributed by atoms with van der Waals surface area (Å²) in [5.74, 6) is 0.648. The van der Waals surface area contributed by atoms with Crippen LogP contribution in [0.5, 0.6) is 0 Å². The normalized spacial score (nSPS) is 22.7. The van der Waals surface area contributed by atoms with E-state index in [1.54, 1.807) is 0 Å². The van der Waals surface area contributed by atoms with Gasteiger partial charge in [0.15, 0.2) is 0 Å².